The van der Waals surface area contributed by atoms with Crippen LogP contribution in [0.5, 0.6) is 0 Å². The molecule has 0 spiro atoms. The lowest BCUT2D eigenvalue weighted by atomic mass is 9.85. The van der Waals surface area contributed by atoms with E-state index in [1.54, 1.807) is 24.5 Å². The number of fused-ring (bicyclic) bond motifs is 5. The Labute approximate surface area is 172 Å². The van der Waals surface area contributed by atoms with E-state index in [0.29, 0.717) is 29.1 Å². The van der Waals surface area contributed by atoms with Gasteiger partial charge in [0, 0.05) is 22.9 Å². The van der Waals surface area contributed by atoms with Gasteiger partial charge in [0.15, 0.2) is 0 Å². The second-order valence-corrected chi connectivity index (χ2v) is 7.59. The molecule has 30 heavy (non-hydrogen) atoms. The monoisotopic (exact) mass is 404 g/mol. The summed E-state index contributed by atoms with van der Waals surface area (Å²) in [7, 11) is 0. The number of hydrogen-bond donors (Lipinski definition) is 0. The average Bonchev–Trinajstić information content (AvgIpc) is 3.12. The van der Waals surface area contributed by atoms with Crippen molar-refractivity contribution in [1.82, 2.24) is 9.55 Å². The molecule has 1 atom stereocenters. The van der Waals surface area contributed by atoms with E-state index >= 15 is 0 Å². The number of benzene rings is 1. The van der Waals surface area contributed by atoms with Crippen molar-refractivity contribution in [1.29, 1.82) is 0 Å². The number of rotatable bonds is 3. The number of cyclic esters (lactones) is 1. The highest BCUT2D eigenvalue weighted by atomic mass is 16.6. The molecule has 0 N–H and O–H groups in total. The summed E-state index contributed by atoms with van der Waals surface area (Å²) in [4.78, 5) is 43.0. The maximum Gasteiger partial charge on any atom is 0.355 e. The lowest BCUT2D eigenvalue weighted by Gasteiger charge is -2.35. The highest BCUT2D eigenvalue weighted by molar-refractivity contribution is 5.88. The zero-order valence-electron chi connectivity index (χ0n) is 16.7. The summed E-state index contributed by atoms with van der Waals surface area (Å²) < 4.78 is 12.5. The molecule has 0 amide bonds. The third-order valence-corrected chi connectivity index (χ3v) is 5.96. The van der Waals surface area contributed by atoms with E-state index in [9.17, 15) is 14.4 Å². The predicted octanol–water partition coefficient (Wildman–Crippen LogP) is 3.04. The molecule has 5 rings (SSSR count). The minimum atomic E-state index is -1.62. The fourth-order valence-electron chi connectivity index (χ4n) is 4.35. The fourth-order valence-corrected chi connectivity index (χ4v) is 4.35. The van der Waals surface area contributed by atoms with Gasteiger partial charge in [-0.2, -0.15) is 0 Å². The lowest BCUT2D eigenvalue weighted by molar-refractivity contribution is -0.189. The minimum Gasteiger partial charge on any atom is -0.457 e. The number of carbonyl (C=O) groups excluding carboxylic acids is 2. The SMILES string of the molecule is CCC(=O)OC1(CC)C(=O)OCc2c1cc1n(c2=O)Cc2cc3ccccc3nc2-1. The molecule has 1 unspecified atom stereocenters. The molecule has 0 saturated heterocycles. The van der Waals surface area contributed by atoms with Gasteiger partial charge in [0.05, 0.1) is 29.0 Å². The smallest absolute Gasteiger partial charge is 0.355 e. The van der Waals surface area contributed by atoms with Gasteiger partial charge in [0.2, 0.25) is 5.60 Å². The number of para-hydroxylation sites is 1. The number of carbonyl (C=O) groups is 2. The molecular formula is C23H20N2O5. The van der Waals surface area contributed by atoms with Crippen LogP contribution in [0.3, 0.4) is 0 Å². The maximum atomic E-state index is 13.3. The molecule has 1 aromatic carbocycles. The summed E-state index contributed by atoms with van der Waals surface area (Å²) in [6.45, 7) is 3.66. The summed E-state index contributed by atoms with van der Waals surface area (Å²) >= 11 is 0. The molecule has 152 valence electrons. The van der Waals surface area contributed by atoms with E-state index in [-0.39, 0.29) is 25.0 Å². The van der Waals surface area contributed by atoms with Crippen molar-refractivity contribution in [2.24, 2.45) is 0 Å². The minimum absolute atomic E-state index is 0.116. The summed E-state index contributed by atoms with van der Waals surface area (Å²) in [6.07, 6.45) is 0.288. The maximum absolute atomic E-state index is 13.3. The predicted molar refractivity (Wildman–Crippen MR) is 109 cm³/mol. The summed E-state index contributed by atoms with van der Waals surface area (Å²) in [5.74, 6) is -1.17. The first-order valence-corrected chi connectivity index (χ1v) is 10.0. The van der Waals surface area contributed by atoms with Gasteiger partial charge in [-0.1, -0.05) is 32.0 Å². The second kappa shape index (κ2) is 6.52. The van der Waals surface area contributed by atoms with Crippen molar-refractivity contribution in [3.05, 3.63) is 63.4 Å². The van der Waals surface area contributed by atoms with E-state index in [4.69, 9.17) is 14.5 Å². The fraction of sp³-hybridized carbons (Fsp3) is 0.304. The number of hydrogen-bond acceptors (Lipinski definition) is 6. The second-order valence-electron chi connectivity index (χ2n) is 7.59. The Balaban J connectivity index is 1.77. The average molecular weight is 404 g/mol. The van der Waals surface area contributed by atoms with Crippen LogP contribution in [0.15, 0.2) is 41.2 Å². The van der Waals surface area contributed by atoms with Gasteiger partial charge in [-0.15, -0.1) is 0 Å². The molecule has 7 nitrogen and oxygen atoms in total. The highest BCUT2D eigenvalue weighted by Gasteiger charge is 2.50. The highest BCUT2D eigenvalue weighted by Crippen LogP contribution is 2.41. The molecule has 2 aromatic heterocycles. The molecule has 0 radical (unpaired) electrons. The Morgan fingerprint density at radius 2 is 2.03 bits per heavy atom. The number of pyridine rings is 2. The molecule has 3 aromatic rings. The van der Waals surface area contributed by atoms with Crippen LogP contribution in [0, 0.1) is 0 Å². The molecule has 0 bridgehead atoms. The Kier molecular flexibility index (Phi) is 4.03. The van der Waals surface area contributed by atoms with Crippen LogP contribution in [-0.2, 0) is 37.8 Å². The van der Waals surface area contributed by atoms with Gasteiger partial charge >= 0.3 is 11.9 Å². The Hall–Kier alpha value is -3.48. The molecule has 2 aliphatic rings. The molecule has 4 heterocycles. The molecule has 7 heteroatoms. The number of nitrogens with zero attached hydrogens (tertiary/aromatic N) is 2. The summed E-state index contributed by atoms with van der Waals surface area (Å²) in [5.41, 5.74) is 1.99. The van der Waals surface area contributed by atoms with Gasteiger partial charge in [-0.05, 0) is 24.6 Å². The van der Waals surface area contributed by atoms with Gasteiger partial charge in [-0.3, -0.25) is 9.59 Å². The van der Waals surface area contributed by atoms with Crippen molar-refractivity contribution in [2.45, 2.75) is 45.4 Å². The quantitative estimate of drug-likeness (QED) is 0.488. The molecular weight excluding hydrogens is 384 g/mol. The third-order valence-electron chi connectivity index (χ3n) is 5.96. The number of aromatic nitrogens is 2. The normalized spacial score (nSPS) is 19.1. The van der Waals surface area contributed by atoms with E-state index in [0.717, 1.165) is 16.5 Å². The molecule has 2 aliphatic heterocycles. The number of esters is 2. The topological polar surface area (TPSA) is 87.5 Å². The van der Waals surface area contributed by atoms with Crippen LogP contribution in [0.25, 0.3) is 22.3 Å². The van der Waals surface area contributed by atoms with Crippen molar-refractivity contribution >= 4 is 22.8 Å². The van der Waals surface area contributed by atoms with Gasteiger partial charge in [0.25, 0.3) is 5.56 Å². The first-order chi connectivity index (χ1) is 14.5. The van der Waals surface area contributed by atoms with Crippen LogP contribution in [0.1, 0.15) is 43.4 Å². The van der Waals surface area contributed by atoms with E-state index < -0.39 is 17.5 Å². The largest absolute Gasteiger partial charge is 0.457 e. The van der Waals surface area contributed by atoms with Crippen LogP contribution in [0.4, 0.5) is 0 Å². The summed E-state index contributed by atoms with van der Waals surface area (Å²) in [6, 6.07) is 11.6. The zero-order chi connectivity index (χ0) is 21.0. The number of ether oxygens (including phenoxy) is 2. The van der Waals surface area contributed by atoms with Crippen molar-refractivity contribution in [3.63, 3.8) is 0 Å². The lowest BCUT2D eigenvalue weighted by Crippen LogP contribution is -2.47. The van der Waals surface area contributed by atoms with E-state index in [2.05, 4.69) is 0 Å². The van der Waals surface area contributed by atoms with Crippen LogP contribution < -0.4 is 5.56 Å². The molecule has 0 fully saturated rings. The van der Waals surface area contributed by atoms with Crippen LogP contribution >= 0.6 is 0 Å². The molecule has 0 aliphatic carbocycles. The standard InChI is InChI=1S/C23H20N2O5/c1-3-19(26)30-23(4-2)16-10-18-20-14(9-13-7-5-6-8-17(13)24-20)11-25(18)21(27)15(16)12-29-22(23)28/h5-10H,3-4,11-12H2,1-2H3. The summed E-state index contributed by atoms with van der Waals surface area (Å²) in [5, 5.41) is 1.00. The molecule has 0 saturated carbocycles. The van der Waals surface area contributed by atoms with Crippen LogP contribution in [0.2, 0.25) is 0 Å². The third kappa shape index (κ3) is 2.44. The van der Waals surface area contributed by atoms with Gasteiger partial charge in [-0.25, -0.2) is 9.78 Å². The Bertz CT molecular complexity index is 1290. The first-order valence-electron chi connectivity index (χ1n) is 10.0. The van der Waals surface area contributed by atoms with E-state index in [1.165, 1.54) is 0 Å². The van der Waals surface area contributed by atoms with Gasteiger partial charge < -0.3 is 14.0 Å². The Morgan fingerprint density at radius 3 is 2.80 bits per heavy atom. The van der Waals surface area contributed by atoms with Crippen molar-refractivity contribution < 1.29 is 19.1 Å². The Morgan fingerprint density at radius 1 is 1.23 bits per heavy atom. The first kappa shape index (κ1) is 18.5. The van der Waals surface area contributed by atoms with Crippen LogP contribution in [-0.4, -0.2) is 21.5 Å². The van der Waals surface area contributed by atoms with Gasteiger partial charge in [0.1, 0.15) is 6.61 Å². The van der Waals surface area contributed by atoms with Crippen molar-refractivity contribution in [3.8, 4) is 11.4 Å². The van der Waals surface area contributed by atoms with Crippen molar-refractivity contribution in [2.75, 3.05) is 0 Å². The zero-order valence-corrected chi connectivity index (χ0v) is 16.7. The van der Waals surface area contributed by atoms with E-state index in [1.807, 2.05) is 30.3 Å².